The first-order valence-corrected chi connectivity index (χ1v) is 8.35. The predicted molar refractivity (Wildman–Crippen MR) is 90.5 cm³/mol. The highest BCUT2D eigenvalue weighted by atomic mass is 16.4. The van der Waals surface area contributed by atoms with Gasteiger partial charge in [0.25, 0.3) is 0 Å². The fourth-order valence-electron chi connectivity index (χ4n) is 3.44. The van der Waals surface area contributed by atoms with Gasteiger partial charge in [-0.3, -0.25) is 14.9 Å². The van der Waals surface area contributed by atoms with Crippen molar-refractivity contribution in [2.75, 3.05) is 0 Å². The van der Waals surface area contributed by atoms with Crippen LogP contribution in [0.4, 0.5) is 0 Å². The lowest BCUT2D eigenvalue weighted by atomic mass is 9.73. The lowest BCUT2D eigenvalue weighted by Gasteiger charge is -2.31. The lowest BCUT2D eigenvalue weighted by Crippen LogP contribution is -2.39. The zero-order valence-corrected chi connectivity index (χ0v) is 14.2. The molecule has 1 aromatic carbocycles. The molecule has 3 atom stereocenters. The molecule has 23 heavy (non-hydrogen) atoms. The van der Waals surface area contributed by atoms with E-state index in [0.29, 0.717) is 25.2 Å². The summed E-state index contributed by atoms with van der Waals surface area (Å²) in [6.07, 6.45) is 2.44. The van der Waals surface area contributed by atoms with E-state index in [0.717, 1.165) is 6.42 Å². The summed E-state index contributed by atoms with van der Waals surface area (Å²) < 4.78 is 0. The molecule has 1 unspecified atom stereocenters. The van der Waals surface area contributed by atoms with Crippen molar-refractivity contribution in [3.05, 3.63) is 35.9 Å². The second-order valence-electron chi connectivity index (χ2n) is 7.52. The minimum Gasteiger partial charge on any atom is -0.480 e. The predicted octanol–water partition coefficient (Wildman–Crippen LogP) is 3.37. The molecular formula is C19H27NO3. The number of benzene rings is 1. The molecular weight excluding hydrogens is 290 g/mol. The van der Waals surface area contributed by atoms with Crippen LogP contribution >= 0.6 is 0 Å². The lowest BCUT2D eigenvalue weighted by molar-refractivity contribution is -0.139. The zero-order chi connectivity index (χ0) is 17.0. The third-order valence-electron chi connectivity index (χ3n) is 4.76. The van der Waals surface area contributed by atoms with Gasteiger partial charge in [0.15, 0.2) is 0 Å². The SMILES string of the molecule is CC(C)(C)C(CCC(=O)[C@H]1CC[C@@H](C(=O)O)N1)c1ccccc1. The summed E-state index contributed by atoms with van der Waals surface area (Å²) >= 11 is 0. The molecule has 1 aromatic rings. The monoisotopic (exact) mass is 317 g/mol. The van der Waals surface area contributed by atoms with E-state index >= 15 is 0 Å². The normalized spacial score (nSPS) is 22.7. The van der Waals surface area contributed by atoms with Crippen molar-refractivity contribution in [3.63, 3.8) is 0 Å². The third kappa shape index (κ3) is 4.64. The molecule has 1 aliphatic heterocycles. The van der Waals surface area contributed by atoms with Crippen molar-refractivity contribution < 1.29 is 14.7 Å². The van der Waals surface area contributed by atoms with Gasteiger partial charge >= 0.3 is 5.97 Å². The zero-order valence-electron chi connectivity index (χ0n) is 14.2. The van der Waals surface area contributed by atoms with E-state index in [4.69, 9.17) is 5.11 Å². The van der Waals surface area contributed by atoms with Gasteiger partial charge < -0.3 is 5.11 Å². The van der Waals surface area contributed by atoms with Crippen LogP contribution < -0.4 is 5.32 Å². The number of ketones is 1. The van der Waals surface area contributed by atoms with Crippen LogP contribution in [0.2, 0.25) is 0 Å². The summed E-state index contributed by atoms with van der Waals surface area (Å²) in [6.45, 7) is 6.59. The number of hydrogen-bond donors (Lipinski definition) is 2. The van der Waals surface area contributed by atoms with Crippen LogP contribution in [0.1, 0.15) is 57.9 Å². The Morgan fingerprint density at radius 3 is 2.30 bits per heavy atom. The van der Waals surface area contributed by atoms with E-state index in [-0.39, 0.29) is 17.2 Å². The van der Waals surface area contributed by atoms with Crippen LogP contribution in [0.25, 0.3) is 0 Å². The Morgan fingerprint density at radius 2 is 1.78 bits per heavy atom. The first-order chi connectivity index (χ1) is 10.8. The van der Waals surface area contributed by atoms with Gasteiger partial charge in [0.05, 0.1) is 6.04 Å². The van der Waals surface area contributed by atoms with Crippen molar-refractivity contribution in [2.45, 2.75) is 64.5 Å². The minimum atomic E-state index is -0.864. The second kappa shape index (κ2) is 7.26. The number of Topliss-reactive ketones (excluding diaryl/α,β-unsaturated/α-hetero) is 1. The van der Waals surface area contributed by atoms with E-state index in [1.165, 1.54) is 5.56 Å². The molecule has 1 saturated heterocycles. The molecule has 126 valence electrons. The van der Waals surface area contributed by atoms with Gasteiger partial charge in [0.1, 0.15) is 11.8 Å². The summed E-state index contributed by atoms with van der Waals surface area (Å²) in [5.41, 5.74) is 1.34. The van der Waals surface area contributed by atoms with Gasteiger partial charge in [-0.25, -0.2) is 0 Å². The van der Waals surface area contributed by atoms with Crippen LogP contribution in [-0.4, -0.2) is 28.9 Å². The fourth-order valence-corrected chi connectivity index (χ4v) is 3.44. The molecule has 0 radical (unpaired) electrons. The Morgan fingerprint density at radius 1 is 1.17 bits per heavy atom. The van der Waals surface area contributed by atoms with Crippen LogP contribution in [0, 0.1) is 5.41 Å². The molecule has 0 aliphatic carbocycles. The van der Waals surface area contributed by atoms with E-state index in [1.807, 2.05) is 18.2 Å². The first-order valence-electron chi connectivity index (χ1n) is 8.35. The summed E-state index contributed by atoms with van der Waals surface area (Å²) in [7, 11) is 0. The maximum atomic E-state index is 12.4. The van der Waals surface area contributed by atoms with Gasteiger partial charge in [-0.15, -0.1) is 0 Å². The standard InChI is InChI=1S/C19H27NO3/c1-19(2,3)14(13-7-5-4-6-8-13)9-12-17(21)15-10-11-16(20-15)18(22)23/h4-8,14-16,20H,9-12H2,1-3H3,(H,22,23)/t14?,15-,16+/m1/s1. The molecule has 0 amide bonds. The minimum absolute atomic E-state index is 0.0777. The number of hydrogen-bond acceptors (Lipinski definition) is 3. The fraction of sp³-hybridized carbons (Fsp3) is 0.579. The second-order valence-corrected chi connectivity index (χ2v) is 7.52. The van der Waals surface area contributed by atoms with Crippen LogP contribution in [0.5, 0.6) is 0 Å². The summed E-state index contributed by atoms with van der Waals surface area (Å²) in [5, 5.41) is 12.0. The number of nitrogens with one attached hydrogen (secondary N) is 1. The highest BCUT2D eigenvalue weighted by Gasteiger charge is 2.34. The van der Waals surface area contributed by atoms with Crippen molar-refractivity contribution >= 4 is 11.8 Å². The summed E-state index contributed by atoms with van der Waals surface area (Å²) in [4.78, 5) is 23.4. The Labute approximate surface area is 138 Å². The van der Waals surface area contributed by atoms with Crippen LogP contribution in [0.15, 0.2) is 30.3 Å². The Hall–Kier alpha value is -1.68. The Bertz CT molecular complexity index is 547. The number of carbonyl (C=O) groups is 2. The highest BCUT2D eigenvalue weighted by Crippen LogP contribution is 2.38. The molecule has 1 aliphatic rings. The van der Waals surface area contributed by atoms with Gasteiger partial charge in [-0.05, 0) is 36.2 Å². The summed E-state index contributed by atoms with van der Waals surface area (Å²) in [6, 6.07) is 9.44. The number of aliphatic carboxylic acids is 1. The van der Waals surface area contributed by atoms with E-state index in [1.54, 1.807) is 0 Å². The molecule has 0 spiro atoms. The van der Waals surface area contributed by atoms with Crippen LogP contribution in [-0.2, 0) is 9.59 Å². The van der Waals surface area contributed by atoms with Gasteiger partial charge in [0, 0.05) is 6.42 Å². The molecule has 2 rings (SSSR count). The Balaban J connectivity index is 1.97. The quantitative estimate of drug-likeness (QED) is 0.844. The van der Waals surface area contributed by atoms with Crippen molar-refractivity contribution in [3.8, 4) is 0 Å². The topological polar surface area (TPSA) is 66.4 Å². The van der Waals surface area contributed by atoms with Gasteiger partial charge in [-0.2, -0.15) is 0 Å². The van der Waals surface area contributed by atoms with Crippen molar-refractivity contribution in [2.24, 2.45) is 5.41 Å². The molecule has 0 saturated carbocycles. The third-order valence-corrected chi connectivity index (χ3v) is 4.76. The van der Waals surface area contributed by atoms with Crippen molar-refractivity contribution in [1.29, 1.82) is 0 Å². The molecule has 1 heterocycles. The van der Waals surface area contributed by atoms with E-state index in [9.17, 15) is 9.59 Å². The van der Waals surface area contributed by atoms with E-state index < -0.39 is 12.0 Å². The first kappa shape index (κ1) is 17.7. The number of rotatable bonds is 6. The highest BCUT2D eigenvalue weighted by molar-refractivity contribution is 5.86. The number of carboxylic acids is 1. The number of carbonyl (C=O) groups excluding carboxylic acids is 1. The largest absolute Gasteiger partial charge is 0.480 e. The molecule has 2 N–H and O–H groups in total. The molecule has 0 aromatic heterocycles. The maximum absolute atomic E-state index is 12.4. The molecule has 0 bridgehead atoms. The van der Waals surface area contributed by atoms with E-state index in [2.05, 4.69) is 38.2 Å². The van der Waals surface area contributed by atoms with Gasteiger partial charge in [-0.1, -0.05) is 51.1 Å². The van der Waals surface area contributed by atoms with Crippen LogP contribution in [0.3, 0.4) is 0 Å². The number of carboxylic acid groups (broad SMARTS) is 1. The van der Waals surface area contributed by atoms with Gasteiger partial charge in [0.2, 0.25) is 0 Å². The smallest absolute Gasteiger partial charge is 0.320 e. The molecule has 4 heteroatoms. The van der Waals surface area contributed by atoms with Crippen molar-refractivity contribution in [1.82, 2.24) is 5.32 Å². The average molecular weight is 317 g/mol. The average Bonchev–Trinajstić information content (AvgIpc) is 2.97. The Kier molecular flexibility index (Phi) is 5.58. The summed E-state index contributed by atoms with van der Waals surface area (Å²) in [5.74, 6) is -0.416. The maximum Gasteiger partial charge on any atom is 0.320 e. The molecule has 1 fully saturated rings. The molecule has 4 nitrogen and oxygen atoms in total.